The summed E-state index contributed by atoms with van der Waals surface area (Å²) in [5.74, 6) is 3.19. The van der Waals surface area contributed by atoms with E-state index in [1.807, 2.05) is 24.8 Å². The van der Waals surface area contributed by atoms with Crippen LogP contribution in [-0.4, -0.2) is 15.8 Å². The Balaban J connectivity index is 1.43. The van der Waals surface area contributed by atoms with Crippen LogP contribution in [-0.2, 0) is 4.52 Å². The molecule has 180 valence electrons. The average molecular weight is 508 g/mol. The summed E-state index contributed by atoms with van der Waals surface area (Å²) in [6, 6.07) is 32.4. The maximum Gasteiger partial charge on any atom is 0.155 e. The first-order chi connectivity index (χ1) is 18.9. The van der Waals surface area contributed by atoms with Crippen molar-refractivity contribution in [1.82, 2.24) is 9.97 Å². The molecular weight excluding hydrogens is 485 g/mol. The molecule has 5 aromatic rings. The fourth-order valence-corrected chi connectivity index (χ4v) is 7.31. The fourth-order valence-electron chi connectivity index (χ4n) is 5.71. The van der Waals surface area contributed by atoms with Crippen LogP contribution in [0.15, 0.2) is 128 Å². The van der Waals surface area contributed by atoms with Crippen LogP contribution in [0, 0.1) is 0 Å². The van der Waals surface area contributed by atoms with E-state index in [-0.39, 0.29) is 0 Å². The number of allylic oxidation sites excluding steroid dienone is 1. The van der Waals surface area contributed by atoms with Crippen molar-refractivity contribution in [3.05, 3.63) is 144 Å². The first kappa shape index (κ1) is 21.4. The van der Waals surface area contributed by atoms with Gasteiger partial charge < -0.3 is 9.42 Å². The Bertz CT molecular complexity index is 1950. The molecular formula is C33H22N3OP. The first-order valence-electron chi connectivity index (χ1n) is 12.7. The number of hydrogen-bond acceptors (Lipinski definition) is 4. The number of benzene rings is 3. The predicted molar refractivity (Wildman–Crippen MR) is 157 cm³/mol. The van der Waals surface area contributed by atoms with E-state index < -0.39 is 7.77 Å². The van der Waals surface area contributed by atoms with E-state index in [2.05, 4.69) is 118 Å². The lowest BCUT2D eigenvalue weighted by molar-refractivity contribution is 0.578. The Labute approximate surface area is 221 Å². The van der Waals surface area contributed by atoms with Crippen LogP contribution in [0.4, 0.5) is 5.69 Å². The average Bonchev–Trinajstić information content (AvgIpc) is 3.01. The minimum absolute atomic E-state index is 0.945. The minimum Gasteiger partial charge on any atom is -0.473 e. The summed E-state index contributed by atoms with van der Waals surface area (Å²) in [5, 5.41) is 3.52. The Hall–Kier alpha value is -4.66. The van der Waals surface area contributed by atoms with Crippen LogP contribution in [0.5, 0.6) is 0 Å². The number of pyridine rings is 2. The second-order valence-electron chi connectivity index (χ2n) is 9.49. The molecule has 1 unspecified atom stereocenters. The zero-order valence-corrected chi connectivity index (χ0v) is 21.4. The van der Waals surface area contributed by atoms with Gasteiger partial charge in [-0.3, -0.25) is 9.97 Å². The molecule has 38 heavy (non-hydrogen) atoms. The van der Waals surface area contributed by atoms with Crippen LogP contribution >= 0.6 is 7.77 Å². The molecule has 0 N–H and O–H groups in total. The monoisotopic (exact) mass is 507 g/mol. The van der Waals surface area contributed by atoms with Gasteiger partial charge in [0.2, 0.25) is 0 Å². The standard InChI is InChI=1S/C33H22N3OP/c1-2-6-26-25(5-1)29-21-23(22-11-16-34-17-12-22)9-10-30(29)36-31-15-20-38(24-13-18-35-19-14-24)37-33(31)28-8-4-3-7-27(28)32(26)36/h1-21,38H. The van der Waals surface area contributed by atoms with Gasteiger partial charge in [0.15, 0.2) is 5.76 Å². The molecule has 0 amide bonds. The summed E-state index contributed by atoms with van der Waals surface area (Å²) in [6.45, 7) is 0. The Morgan fingerprint density at radius 2 is 1.34 bits per heavy atom. The van der Waals surface area contributed by atoms with Crippen LogP contribution in [0.25, 0.3) is 33.7 Å². The van der Waals surface area contributed by atoms with Gasteiger partial charge in [0.25, 0.3) is 0 Å². The molecule has 0 aliphatic carbocycles. The SMILES string of the molecule is C1=C2C(=c3ccccc3=C3c4ccccc4-c4cc(-c5ccncc5)ccc4N23)O[PH](c2ccncc2)=C1. The zero-order valence-electron chi connectivity index (χ0n) is 20.4. The topological polar surface area (TPSA) is 38.2 Å². The van der Waals surface area contributed by atoms with Crippen molar-refractivity contribution < 1.29 is 4.52 Å². The molecule has 2 aromatic heterocycles. The van der Waals surface area contributed by atoms with Gasteiger partial charge in [-0.15, -0.1) is 0 Å². The lowest BCUT2D eigenvalue weighted by Gasteiger charge is -2.40. The predicted octanol–water partition coefficient (Wildman–Crippen LogP) is 5.08. The highest BCUT2D eigenvalue weighted by atomic mass is 31.1. The lowest BCUT2D eigenvalue weighted by Crippen LogP contribution is -2.44. The van der Waals surface area contributed by atoms with E-state index in [0.29, 0.717) is 0 Å². The molecule has 8 rings (SSSR count). The summed E-state index contributed by atoms with van der Waals surface area (Å²) in [5.41, 5.74) is 9.45. The Morgan fingerprint density at radius 3 is 2.16 bits per heavy atom. The first-order valence-corrected chi connectivity index (χ1v) is 14.1. The third kappa shape index (κ3) is 3.17. The molecule has 1 atom stereocenters. The van der Waals surface area contributed by atoms with Crippen LogP contribution in [0.3, 0.4) is 0 Å². The second-order valence-corrected chi connectivity index (χ2v) is 11.3. The number of fused-ring (bicyclic) bond motifs is 9. The highest BCUT2D eigenvalue weighted by Gasteiger charge is 2.35. The van der Waals surface area contributed by atoms with Gasteiger partial charge in [-0.1, -0.05) is 54.6 Å². The summed E-state index contributed by atoms with van der Waals surface area (Å²) in [4.78, 5) is 10.8. The maximum atomic E-state index is 6.85. The second kappa shape index (κ2) is 8.44. The number of nitrogens with zero attached hydrogens (tertiary/aromatic N) is 3. The van der Waals surface area contributed by atoms with E-state index >= 15 is 0 Å². The van der Waals surface area contributed by atoms with Gasteiger partial charge in [0, 0.05) is 51.7 Å². The molecule has 0 radical (unpaired) electrons. The van der Waals surface area contributed by atoms with Crippen molar-refractivity contribution >= 4 is 36.0 Å². The molecule has 0 spiro atoms. The van der Waals surface area contributed by atoms with Crippen LogP contribution in [0.1, 0.15) is 5.56 Å². The van der Waals surface area contributed by atoms with Gasteiger partial charge in [0.1, 0.15) is 0 Å². The van der Waals surface area contributed by atoms with E-state index in [1.54, 1.807) is 0 Å². The van der Waals surface area contributed by atoms with Crippen molar-refractivity contribution in [2.24, 2.45) is 0 Å². The van der Waals surface area contributed by atoms with E-state index in [0.717, 1.165) is 27.9 Å². The van der Waals surface area contributed by atoms with Gasteiger partial charge >= 0.3 is 0 Å². The van der Waals surface area contributed by atoms with Crippen LogP contribution < -0.4 is 20.6 Å². The molecule has 3 aromatic carbocycles. The van der Waals surface area contributed by atoms with E-state index in [1.165, 1.54) is 38.5 Å². The Kier molecular flexibility index (Phi) is 4.76. The highest BCUT2D eigenvalue weighted by Crippen LogP contribution is 2.49. The molecule has 3 aliphatic heterocycles. The van der Waals surface area contributed by atoms with Crippen molar-refractivity contribution in [3.63, 3.8) is 0 Å². The van der Waals surface area contributed by atoms with Gasteiger partial charge in [-0.25, -0.2) is 0 Å². The van der Waals surface area contributed by atoms with Crippen molar-refractivity contribution in [2.45, 2.75) is 0 Å². The summed E-state index contributed by atoms with van der Waals surface area (Å²) < 4.78 is 6.85. The van der Waals surface area contributed by atoms with Crippen LogP contribution in [0.2, 0.25) is 0 Å². The minimum atomic E-state index is -1.37. The number of rotatable bonds is 2. The molecule has 5 heteroatoms. The van der Waals surface area contributed by atoms with Crippen molar-refractivity contribution in [2.75, 3.05) is 4.90 Å². The molecule has 0 saturated carbocycles. The molecule has 0 bridgehead atoms. The highest BCUT2D eigenvalue weighted by molar-refractivity contribution is 7.61. The largest absolute Gasteiger partial charge is 0.473 e. The lowest BCUT2D eigenvalue weighted by atomic mass is 9.86. The smallest absolute Gasteiger partial charge is 0.155 e. The van der Waals surface area contributed by atoms with Gasteiger partial charge in [-0.2, -0.15) is 0 Å². The third-order valence-corrected chi connectivity index (χ3v) is 9.21. The van der Waals surface area contributed by atoms with Crippen molar-refractivity contribution in [3.8, 4) is 22.3 Å². The summed E-state index contributed by atoms with van der Waals surface area (Å²) in [6.07, 6.45) is 9.64. The fraction of sp³-hybridized carbons (Fsp3) is 0. The molecule has 0 fully saturated rings. The summed E-state index contributed by atoms with van der Waals surface area (Å²) >= 11 is 0. The van der Waals surface area contributed by atoms with Gasteiger partial charge in [-0.05, 0) is 65.0 Å². The number of anilines is 1. The molecule has 5 heterocycles. The normalized spacial score (nSPS) is 16.6. The third-order valence-electron chi connectivity index (χ3n) is 7.42. The molecule has 3 aliphatic rings. The van der Waals surface area contributed by atoms with Crippen molar-refractivity contribution in [1.29, 1.82) is 0 Å². The van der Waals surface area contributed by atoms with E-state index in [4.69, 9.17) is 4.52 Å². The van der Waals surface area contributed by atoms with E-state index in [9.17, 15) is 0 Å². The number of hydrogen-bond donors (Lipinski definition) is 0. The quantitative estimate of drug-likeness (QED) is 0.313. The Morgan fingerprint density at radius 1 is 0.632 bits per heavy atom. The maximum absolute atomic E-state index is 6.85. The number of aromatic nitrogens is 2. The zero-order chi connectivity index (χ0) is 25.1. The van der Waals surface area contributed by atoms with Gasteiger partial charge in [0.05, 0.1) is 24.9 Å². The summed E-state index contributed by atoms with van der Waals surface area (Å²) in [7, 11) is -1.37. The molecule has 4 nitrogen and oxygen atoms in total. The molecule has 0 saturated heterocycles.